The Labute approximate surface area is 184 Å². The molecular weight excluding hydrogens is 428 g/mol. The van der Waals surface area contributed by atoms with E-state index in [9.17, 15) is 29.3 Å². The number of non-ortho nitro benzene ring substituents is 1. The van der Waals surface area contributed by atoms with Gasteiger partial charge in [0.15, 0.2) is 10.9 Å². The normalized spacial score (nSPS) is 10.2. The maximum Gasteiger partial charge on any atom is 0.513 e. The molecule has 0 aliphatic rings. The van der Waals surface area contributed by atoms with E-state index in [-0.39, 0.29) is 54.2 Å². The average Bonchev–Trinajstić information content (AvgIpc) is 2.72. The van der Waals surface area contributed by atoms with Crippen LogP contribution in [0.15, 0.2) is 24.3 Å². The molecule has 1 N–H and O–H groups in total. The van der Waals surface area contributed by atoms with Gasteiger partial charge in [0.2, 0.25) is 5.91 Å². The van der Waals surface area contributed by atoms with Crippen molar-refractivity contribution in [1.29, 1.82) is 0 Å². The lowest BCUT2D eigenvalue weighted by molar-refractivity contribution is -0.384. The summed E-state index contributed by atoms with van der Waals surface area (Å²) in [5, 5.41) is 13.2. The van der Waals surface area contributed by atoms with Crippen LogP contribution in [0.1, 0.15) is 45.4 Å². The molecule has 1 aromatic carbocycles. The number of carbonyl (C=O) groups is 4. The van der Waals surface area contributed by atoms with Crippen molar-refractivity contribution >= 4 is 40.4 Å². The Kier molecular flexibility index (Phi) is 12.6. The Bertz CT molecular complexity index is 767. The monoisotopic (exact) mass is 454 g/mol. The highest BCUT2D eigenvalue weighted by atomic mass is 32.2. The van der Waals surface area contributed by atoms with Crippen LogP contribution in [0.3, 0.4) is 0 Å². The van der Waals surface area contributed by atoms with Gasteiger partial charge in [0, 0.05) is 37.7 Å². The van der Waals surface area contributed by atoms with Crippen LogP contribution in [-0.4, -0.2) is 46.8 Å². The lowest BCUT2D eigenvalue weighted by Crippen LogP contribution is -2.29. The molecule has 0 spiro atoms. The SMILES string of the molecule is CC(=O)SCCCCCC(=O)NCC(=O)CCCOC(=O)Oc1ccc([N+](=O)[O-])cc1. The molecule has 0 saturated heterocycles. The predicted octanol–water partition coefficient (Wildman–Crippen LogP) is 3.42. The molecule has 0 unspecified atom stereocenters. The van der Waals surface area contributed by atoms with Crippen LogP contribution in [0.25, 0.3) is 0 Å². The minimum absolute atomic E-state index is 0.0379. The van der Waals surface area contributed by atoms with Gasteiger partial charge in [-0.3, -0.25) is 24.5 Å². The molecular formula is C20H26N2O8S. The van der Waals surface area contributed by atoms with Crippen molar-refractivity contribution in [1.82, 2.24) is 5.32 Å². The van der Waals surface area contributed by atoms with E-state index in [4.69, 9.17) is 9.47 Å². The second kappa shape index (κ2) is 14.9. The van der Waals surface area contributed by atoms with E-state index in [1.165, 1.54) is 43.0 Å². The van der Waals surface area contributed by atoms with Crippen LogP contribution < -0.4 is 10.1 Å². The van der Waals surface area contributed by atoms with Gasteiger partial charge in [-0.1, -0.05) is 18.2 Å². The minimum atomic E-state index is -0.976. The van der Waals surface area contributed by atoms with Crippen LogP contribution in [0.2, 0.25) is 0 Å². The fraction of sp³-hybridized carbons (Fsp3) is 0.500. The van der Waals surface area contributed by atoms with Crippen molar-refractivity contribution in [3.05, 3.63) is 34.4 Å². The fourth-order valence-electron chi connectivity index (χ4n) is 2.34. The fourth-order valence-corrected chi connectivity index (χ4v) is 2.98. The van der Waals surface area contributed by atoms with Gasteiger partial charge in [0.25, 0.3) is 5.69 Å². The third kappa shape index (κ3) is 13.1. The average molecular weight is 455 g/mol. The molecule has 0 fully saturated rings. The molecule has 0 atom stereocenters. The number of nitrogens with one attached hydrogen (secondary N) is 1. The molecule has 0 bridgehead atoms. The van der Waals surface area contributed by atoms with E-state index >= 15 is 0 Å². The number of hydrogen-bond acceptors (Lipinski definition) is 9. The number of ether oxygens (including phenoxy) is 2. The number of carbonyl (C=O) groups excluding carboxylic acids is 4. The summed E-state index contributed by atoms with van der Waals surface area (Å²) in [4.78, 5) is 55.8. The molecule has 0 aliphatic heterocycles. The van der Waals surface area contributed by atoms with Crippen molar-refractivity contribution in [3.63, 3.8) is 0 Å². The van der Waals surface area contributed by atoms with E-state index in [0.717, 1.165) is 18.6 Å². The first kappa shape index (κ1) is 26.1. The molecule has 1 aromatic rings. The topological polar surface area (TPSA) is 142 Å². The number of rotatable bonds is 14. The Morgan fingerprint density at radius 3 is 2.39 bits per heavy atom. The largest absolute Gasteiger partial charge is 0.513 e. The molecule has 0 aliphatic carbocycles. The number of Topliss-reactive ketones (excluding diaryl/α,β-unsaturated/α-hetero) is 1. The van der Waals surface area contributed by atoms with Gasteiger partial charge in [0.05, 0.1) is 18.1 Å². The number of benzene rings is 1. The number of ketones is 1. The second-order valence-corrected chi connectivity index (χ2v) is 7.79. The number of thioether (sulfide) groups is 1. The van der Waals surface area contributed by atoms with Crippen LogP contribution in [0.4, 0.5) is 10.5 Å². The minimum Gasteiger partial charge on any atom is -0.434 e. The molecule has 0 heterocycles. The third-order valence-electron chi connectivity index (χ3n) is 3.90. The Balaban J connectivity index is 2.06. The Morgan fingerprint density at radius 1 is 1.03 bits per heavy atom. The Hall–Kier alpha value is -2.95. The summed E-state index contributed by atoms with van der Waals surface area (Å²) in [7, 11) is 0. The second-order valence-electron chi connectivity index (χ2n) is 6.52. The van der Waals surface area contributed by atoms with E-state index < -0.39 is 11.1 Å². The maximum atomic E-state index is 11.8. The van der Waals surface area contributed by atoms with Gasteiger partial charge in [-0.05, 0) is 31.4 Å². The summed E-state index contributed by atoms with van der Waals surface area (Å²) < 4.78 is 9.71. The predicted molar refractivity (Wildman–Crippen MR) is 114 cm³/mol. The van der Waals surface area contributed by atoms with E-state index in [1.54, 1.807) is 0 Å². The highest BCUT2D eigenvalue weighted by Gasteiger charge is 2.10. The van der Waals surface area contributed by atoms with Crippen LogP contribution >= 0.6 is 11.8 Å². The van der Waals surface area contributed by atoms with Crippen LogP contribution in [-0.2, 0) is 19.1 Å². The number of hydrogen-bond donors (Lipinski definition) is 1. The number of nitro groups is 1. The Morgan fingerprint density at radius 2 is 1.74 bits per heavy atom. The first-order valence-corrected chi connectivity index (χ1v) is 10.8. The molecule has 10 nitrogen and oxygen atoms in total. The maximum absolute atomic E-state index is 11.8. The lowest BCUT2D eigenvalue weighted by Gasteiger charge is -2.06. The molecule has 0 radical (unpaired) electrons. The molecule has 11 heteroatoms. The van der Waals surface area contributed by atoms with Crippen LogP contribution in [0.5, 0.6) is 5.75 Å². The quantitative estimate of drug-likeness (QED) is 0.147. The van der Waals surface area contributed by atoms with Gasteiger partial charge in [-0.2, -0.15) is 0 Å². The summed E-state index contributed by atoms with van der Waals surface area (Å²) in [6, 6.07) is 4.94. The van der Waals surface area contributed by atoms with E-state index in [2.05, 4.69) is 5.32 Å². The first-order valence-electron chi connectivity index (χ1n) is 9.78. The zero-order valence-corrected chi connectivity index (χ0v) is 18.1. The summed E-state index contributed by atoms with van der Waals surface area (Å²) in [5.41, 5.74) is -0.130. The summed E-state index contributed by atoms with van der Waals surface area (Å²) >= 11 is 1.27. The summed E-state index contributed by atoms with van der Waals surface area (Å²) in [6.45, 7) is 1.41. The van der Waals surface area contributed by atoms with Gasteiger partial charge in [0.1, 0.15) is 5.75 Å². The molecule has 170 valence electrons. The van der Waals surface area contributed by atoms with Crippen molar-refractivity contribution in [3.8, 4) is 5.75 Å². The molecule has 1 amide bonds. The number of amides is 1. The van der Waals surface area contributed by atoms with Gasteiger partial charge >= 0.3 is 6.16 Å². The molecule has 0 aromatic heterocycles. The van der Waals surface area contributed by atoms with Gasteiger partial charge in [-0.15, -0.1) is 0 Å². The summed E-state index contributed by atoms with van der Waals surface area (Å²) in [6.07, 6.45) is 2.17. The molecule has 31 heavy (non-hydrogen) atoms. The van der Waals surface area contributed by atoms with Crippen molar-refractivity contribution in [2.24, 2.45) is 0 Å². The van der Waals surface area contributed by atoms with Gasteiger partial charge < -0.3 is 14.8 Å². The van der Waals surface area contributed by atoms with Crippen molar-refractivity contribution in [2.45, 2.75) is 45.4 Å². The van der Waals surface area contributed by atoms with E-state index in [1.807, 2.05) is 0 Å². The standard InChI is InChI=1S/C20H26N2O8S/c1-15(23)31-13-4-2-3-7-19(25)21-14-17(24)6-5-12-29-20(26)30-18-10-8-16(9-11-18)22(27)28/h8-11H,2-7,12-14H2,1H3,(H,21,25). The number of unbranched alkanes of at least 4 members (excludes halogenated alkanes) is 2. The van der Waals surface area contributed by atoms with Gasteiger partial charge in [-0.25, -0.2) is 4.79 Å². The number of nitrogens with zero attached hydrogens (tertiary/aromatic N) is 1. The smallest absolute Gasteiger partial charge is 0.434 e. The lowest BCUT2D eigenvalue weighted by atomic mass is 10.2. The van der Waals surface area contributed by atoms with Crippen molar-refractivity contribution in [2.75, 3.05) is 18.9 Å². The zero-order chi connectivity index (χ0) is 23.1. The molecule has 0 saturated carbocycles. The first-order chi connectivity index (χ1) is 14.8. The third-order valence-corrected chi connectivity index (χ3v) is 4.80. The zero-order valence-electron chi connectivity index (χ0n) is 17.3. The van der Waals surface area contributed by atoms with Crippen LogP contribution in [0, 0.1) is 10.1 Å². The number of nitro benzene ring substituents is 1. The molecule has 1 rings (SSSR count). The van der Waals surface area contributed by atoms with Crippen molar-refractivity contribution < 1.29 is 33.6 Å². The van der Waals surface area contributed by atoms with E-state index in [0.29, 0.717) is 12.8 Å². The highest BCUT2D eigenvalue weighted by molar-refractivity contribution is 8.13. The summed E-state index contributed by atoms with van der Waals surface area (Å²) in [5.74, 6) is 0.472. The highest BCUT2D eigenvalue weighted by Crippen LogP contribution is 2.17.